The Balaban J connectivity index is 1.59. The first kappa shape index (κ1) is 21.2. The van der Waals surface area contributed by atoms with Crippen molar-refractivity contribution in [2.75, 3.05) is 6.54 Å². The van der Waals surface area contributed by atoms with Crippen LogP contribution in [0, 0.1) is 6.92 Å². The van der Waals surface area contributed by atoms with Crippen molar-refractivity contribution < 1.29 is 8.42 Å². The van der Waals surface area contributed by atoms with Crippen LogP contribution in [0.5, 0.6) is 0 Å². The fourth-order valence-corrected chi connectivity index (χ4v) is 4.73. The van der Waals surface area contributed by atoms with Crippen molar-refractivity contribution in [3.63, 3.8) is 0 Å². The summed E-state index contributed by atoms with van der Waals surface area (Å²) in [6.45, 7) is 3.67. The number of primary sulfonamides is 1. The van der Waals surface area contributed by atoms with Crippen molar-refractivity contribution in [2.24, 2.45) is 5.14 Å². The lowest BCUT2D eigenvalue weighted by atomic mass is 9.97. The first-order valence-electron chi connectivity index (χ1n) is 10.3. The smallest absolute Gasteiger partial charge is 0.238 e. The van der Waals surface area contributed by atoms with Gasteiger partial charge in [0, 0.05) is 12.1 Å². The summed E-state index contributed by atoms with van der Waals surface area (Å²) in [5.74, 6) is 0. The Labute approximate surface area is 183 Å². The van der Waals surface area contributed by atoms with Crippen LogP contribution in [0.3, 0.4) is 0 Å². The lowest BCUT2D eigenvalue weighted by molar-refractivity contribution is 0.598. The summed E-state index contributed by atoms with van der Waals surface area (Å²) in [7, 11) is -3.86. The monoisotopic (exact) mass is 430 g/mol. The molecule has 4 nitrogen and oxygen atoms in total. The van der Waals surface area contributed by atoms with Gasteiger partial charge in [0.05, 0.1) is 4.90 Å². The average Bonchev–Trinajstić information content (AvgIpc) is 2.75. The normalized spacial score (nSPS) is 11.7. The topological polar surface area (TPSA) is 72.2 Å². The number of hydrogen-bond acceptors (Lipinski definition) is 3. The number of benzene rings is 4. The second kappa shape index (κ2) is 9.02. The van der Waals surface area contributed by atoms with Crippen LogP contribution in [0.25, 0.3) is 21.9 Å². The van der Waals surface area contributed by atoms with E-state index in [9.17, 15) is 8.42 Å². The van der Waals surface area contributed by atoms with Crippen LogP contribution in [0.1, 0.15) is 16.7 Å². The Bertz CT molecular complexity index is 1330. The molecule has 31 heavy (non-hydrogen) atoms. The maximum Gasteiger partial charge on any atom is 0.238 e. The zero-order chi connectivity index (χ0) is 21.8. The molecule has 0 aromatic heterocycles. The molecule has 0 aliphatic carbocycles. The zero-order valence-corrected chi connectivity index (χ0v) is 18.3. The summed E-state index contributed by atoms with van der Waals surface area (Å²) in [5, 5.41) is 10.9. The fraction of sp³-hybridized carbons (Fsp3) is 0.154. The van der Waals surface area contributed by atoms with Gasteiger partial charge in [-0.15, -0.1) is 0 Å². The van der Waals surface area contributed by atoms with Crippen LogP contribution < -0.4 is 10.5 Å². The highest BCUT2D eigenvalue weighted by Gasteiger charge is 2.18. The number of nitrogens with one attached hydrogen (secondary N) is 1. The van der Waals surface area contributed by atoms with Crippen molar-refractivity contribution in [3.05, 3.63) is 102 Å². The number of aryl methyl sites for hydroxylation is 1. The van der Waals surface area contributed by atoms with Crippen molar-refractivity contribution in [2.45, 2.75) is 24.8 Å². The molecule has 0 saturated carbocycles. The molecular formula is C26H26N2O2S. The van der Waals surface area contributed by atoms with E-state index in [1.807, 2.05) is 48.5 Å². The molecule has 0 bridgehead atoms. The largest absolute Gasteiger partial charge is 0.312 e. The second-order valence-electron chi connectivity index (χ2n) is 7.82. The Hall–Kier alpha value is -2.99. The summed E-state index contributed by atoms with van der Waals surface area (Å²) in [4.78, 5) is 0.149. The number of fused-ring (bicyclic) bond motifs is 1. The molecule has 158 valence electrons. The number of rotatable bonds is 7. The zero-order valence-electron chi connectivity index (χ0n) is 17.5. The minimum atomic E-state index is -3.86. The molecule has 0 amide bonds. The molecule has 0 fully saturated rings. The standard InChI is InChI=1S/C26H26N2O2S/c1-19-6-4-7-20(16-19)14-15-28-18-21-8-5-10-23(17-21)26-24-11-3-2-9-22(24)12-13-25(26)31(27,29)30/h2-13,16-17,28H,14-15,18H2,1H3,(H2,27,29,30). The Morgan fingerprint density at radius 1 is 0.839 bits per heavy atom. The molecular weight excluding hydrogens is 404 g/mol. The van der Waals surface area contributed by atoms with Crippen LogP contribution >= 0.6 is 0 Å². The Kier molecular flexibility index (Phi) is 6.18. The fourth-order valence-electron chi connectivity index (χ4n) is 3.96. The van der Waals surface area contributed by atoms with Crippen molar-refractivity contribution in [1.82, 2.24) is 5.32 Å². The van der Waals surface area contributed by atoms with Crippen LogP contribution in [0.4, 0.5) is 0 Å². The number of nitrogens with two attached hydrogens (primary N) is 1. The van der Waals surface area contributed by atoms with E-state index in [0.29, 0.717) is 12.1 Å². The Morgan fingerprint density at radius 2 is 1.61 bits per heavy atom. The minimum absolute atomic E-state index is 0.149. The van der Waals surface area contributed by atoms with E-state index in [-0.39, 0.29) is 4.90 Å². The first-order valence-corrected chi connectivity index (χ1v) is 11.9. The quantitative estimate of drug-likeness (QED) is 0.414. The molecule has 4 rings (SSSR count). The molecule has 4 aromatic carbocycles. The third-order valence-corrected chi connectivity index (χ3v) is 6.37. The first-order chi connectivity index (χ1) is 14.9. The van der Waals surface area contributed by atoms with E-state index < -0.39 is 10.0 Å². The van der Waals surface area contributed by atoms with Crippen molar-refractivity contribution in [3.8, 4) is 11.1 Å². The molecule has 4 aromatic rings. The molecule has 0 saturated heterocycles. The summed E-state index contributed by atoms with van der Waals surface area (Å²) >= 11 is 0. The van der Waals surface area contributed by atoms with E-state index in [0.717, 1.165) is 34.9 Å². The van der Waals surface area contributed by atoms with E-state index in [4.69, 9.17) is 5.14 Å². The van der Waals surface area contributed by atoms with Gasteiger partial charge in [-0.05, 0) is 59.5 Å². The lowest BCUT2D eigenvalue weighted by Gasteiger charge is -2.14. The van der Waals surface area contributed by atoms with Gasteiger partial charge in [0.1, 0.15) is 0 Å². The summed E-state index contributed by atoms with van der Waals surface area (Å²) < 4.78 is 24.6. The second-order valence-corrected chi connectivity index (χ2v) is 9.35. The molecule has 0 unspecified atom stereocenters. The van der Waals surface area contributed by atoms with Crippen LogP contribution in [-0.4, -0.2) is 15.0 Å². The number of sulfonamides is 1. The Morgan fingerprint density at radius 3 is 2.42 bits per heavy atom. The summed E-state index contributed by atoms with van der Waals surface area (Å²) in [6.07, 6.45) is 0.959. The van der Waals surface area contributed by atoms with Crippen LogP contribution in [0.2, 0.25) is 0 Å². The lowest BCUT2D eigenvalue weighted by Crippen LogP contribution is -2.17. The van der Waals surface area contributed by atoms with Gasteiger partial charge in [0.25, 0.3) is 0 Å². The molecule has 0 spiro atoms. The predicted octanol–water partition coefficient (Wildman–Crippen LogP) is 4.79. The predicted molar refractivity (Wildman–Crippen MR) is 127 cm³/mol. The van der Waals surface area contributed by atoms with Gasteiger partial charge in [0.2, 0.25) is 10.0 Å². The van der Waals surface area contributed by atoms with Crippen molar-refractivity contribution in [1.29, 1.82) is 0 Å². The van der Waals surface area contributed by atoms with Gasteiger partial charge in [-0.3, -0.25) is 0 Å². The van der Waals surface area contributed by atoms with Crippen LogP contribution in [0.15, 0.2) is 89.8 Å². The van der Waals surface area contributed by atoms with E-state index in [1.165, 1.54) is 11.1 Å². The molecule has 0 aliphatic rings. The molecule has 0 radical (unpaired) electrons. The van der Waals surface area contributed by atoms with E-state index >= 15 is 0 Å². The van der Waals surface area contributed by atoms with Gasteiger partial charge in [-0.25, -0.2) is 13.6 Å². The molecule has 0 atom stereocenters. The van der Waals surface area contributed by atoms with Gasteiger partial charge < -0.3 is 5.32 Å². The summed E-state index contributed by atoms with van der Waals surface area (Å²) in [6, 6.07) is 27.7. The molecule has 0 aliphatic heterocycles. The average molecular weight is 431 g/mol. The van der Waals surface area contributed by atoms with E-state index in [1.54, 1.807) is 12.1 Å². The maximum atomic E-state index is 12.3. The van der Waals surface area contributed by atoms with Gasteiger partial charge in [0.15, 0.2) is 0 Å². The van der Waals surface area contributed by atoms with Gasteiger partial charge >= 0.3 is 0 Å². The molecule has 3 N–H and O–H groups in total. The molecule has 5 heteroatoms. The summed E-state index contributed by atoms with van der Waals surface area (Å²) in [5.41, 5.74) is 5.18. The maximum absolute atomic E-state index is 12.3. The van der Waals surface area contributed by atoms with E-state index in [2.05, 4.69) is 36.5 Å². The van der Waals surface area contributed by atoms with Gasteiger partial charge in [-0.1, -0.05) is 78.4 Å². The minimum Gasteiger partial charge on any atom is -0.312 e. The number of hydrogen-bond donors (Lipinski definition) is 2. The van der Waals surface area contributed by atoms with Gasteiger partial charge in [-0.2, -0.15) is 0 Å². The highest BCUT2D eigenvalue weighted by molar-refractivity contribution is 7.89. The highest BCUT2D eigenvalue weighted by Crippen LogP contribution is 2.34. The third kappa shape index (κ3) is 5.02. The third-order valence-electron chi connectivity index (χ3n) is 5.42. The SMILES string of the molecule is Cc1cccc(CCNCc2cccc(-c3c(S(N)(=O)=O)ccc4ccccc34)c2)c1. The van der Waals surface area contributed by atoms with Crippen LogP contribution in [-0.2, 0) is 23.0 Å². The molecule has 0 heterocycles. The highest BCUT2D eigenvalue weighted by atomic mass is 32.2. The van der Waals surface area contributed by atoms with Crippen molar-refractivity contribution >= 4 is 20.8 Å².